The van der Waals surface area contributed by atoms with E-state index in [0.717, 1.165) is 50.3 Å². The van der Waals surface area contributed by atoms with Crippen LogP contribution in [0.5, 0.6) is 0 Å². The summed E-state index contributed by atoms with van der Waals surface area (Å²) >= 11 is 0. The molecule has 1 aromatic carbocycles. The highest BCUT2D eigenvalue weighted by Crippen LogP contribution is 2.19. The van der Waals surface area contributed by atoms with E-state index in [1.165, 1.54) is 18.5 Å². The van der Waals surface area contributed by atoms with E-state index < -0.39 is 0 Å². The van der Waals surface area contributed by atoms with Gasteiger partial charge in [0.15, 0.2) is 0 Å². The van der Waals surface area contributed by atoms with Crippen LogP contribution in [0, 0.1) is 5.82 Å². The van der Waals surface area contributed by atoms with Crippen LogP contribution in [0.3, 0.4) is 0 Å². The SMILES string of the molecule is Fc1ccc2ncnc(NCCN3CCOCC3)c2c1. The third-order valence-electron chi connectivity index (χ3n) is 3.42. The van der Waals surface area contributed by atoms with Gasteiger partial charge in [-0.25, -0.2) is 14.4 Å². The Bertz CT molecular complexity index is 586. The van der Waals surface area contributed by atoms with Crippen LogP contribution < -0.4 is 5.32 Å². The van der Waals surface area contributed by atoms with Gasteiger partial charge in [-0.2, -0.15) is 0 Å². The Morgan fingerprint density at radius 1 is 1.25 bits per heavy atom. The van der Waals surface area contributed by atoms with Gasteiger partial charge in [0.1, 0.15) is 18.0 Å². The van der Waals surface area contributed by atoms with Gasteiger partial charge in [0, 0.05) is 31.6 Å². The zero-order valence-corrected chi connectivity index (χ0v) is 11.2. The fraction of sp³-hybridized carbons (Fsp3) is 0.429. The van der Waals surface area contributed by atoms with E-state index in [2.05, 4.69) is 20.2 Å². The van der Waals surface area contributed by atoms with Gasteiger partial charge in [0.05, 0.1) is 18.7 Å². The predicted molar refractivity (Wildman–Crippen MR) is 75.2 cm³/mol. The molecule has 3 rings (SSSR count). The Balaban J connectivity index is 1.66. The number of nitrogens with one attached hydrogen (secondary N) is 1. The molecule has 0 bridgehead atoms. The van der Waals surface area contributed by atoms with E-state index >= 15 is 0 Å². The molecule has 0 aliphatic carbocycles. The predicted octanol–water partition coefficient (Wildman–Crippen LogP) is 1.51. The fourth-order valence-electron chi connectivity index (χ4n) is 2.33. The Labute approximate surface area is 116 Å². The number of anilines is 1. The molecule has 0 atom stereocenters. The molecule has 0 spiro atoms. The third kappa shape index (κ3) is 3.02. The van der Waals surface area contributed by atoms with Gasteiger partial charge in [-0.1, -0.05) is 0 Å². The Hall–Kier alpha value is -1.79. The second-order valence-electron chi connectivity index (χ2n) is 4.76. The first-order chi connectivity index (χ1) is 9.83. The van der Waals surface area contributed by atoms with Crippen LogP contribution in [0.1, 0.15) is 0 Å². The smallest absolute Gasteiger partial charge is 0.137 e. The van der Waals surface area contributed by atoms with E-state index in [0.29, 0.717) is 5.82 Å². The van der Waals surface area contributed by atoms with Crippen LogP contribution in [0.15, 0.2) is 24.5 Å². The molecule has 2 aromatic rings. The third-order valence-corrected chi connectivity index (χ3v) is 3.42. The van der Waals surface area contributed by atoms with Crippen molar-refractivity contribution in [1.82, 2.24) is 14.9 Å². The largest absolute Gasteiger partial charge is 0.379 e. The molecule has 0 unspecified atom stereocenters. The summed E-state index contributed by atoms with van der Waals surface area (Å²) in [7, 11) is 0. The van der Waals surface area contributed by atoms with Crippen molar-refractivity contribution in [3.05, 3.63) is 30.3 Å². The first kappa shape index (κ1) is 13.2. The minimum absolute atomic E-state index is 0.275. The summed E-state index contributed by atoms with van der Waals surface area (Å²) in [6, 6.07) is 4.54. The van der Waals surface area contributed by atoms with Gasteiger partial charge in [-0.05, 0) is 18.2 Å². The molecule has 106 valence electrons. The first-order valence-corrected chi connectivity index (χ1v) is 6.77. The van der Waals surface area contributed by atoms with Gasteiger partial charge in [-0.3, -0.25) is 4.90 Å². The van der Waals surface area contributed by atoms with Crippen LogP contribution in [0.4, 0.5) is 10.2 Å². The summed E-state index contributed by atoms with van der Waals surface area (Å²) in [5.74, 6) is 0.409. The van der Waals surface area contributed by atoms with E-state index in [4.69, 9.17) is 4.74 Å². The Morgan fingerprint density at radius 2 is 2.10 bits per heavy atom. The van der Waals surface area contributed by atoms with Crippen molar-refractivity contribution in [2.75, 3.05) is 44.7 Å². The minimum atomic E-state index is -0.275. The summed E-state index contributed by atoms with van der Waals surface area (Å²) < 4.78 is 18.6. The van der Waals surface area contributed by atoms with Crippen molar-refractivity contribution in [2.45, 2.75) is 0 Å². The molecular weight excluding hydrogens is 259 g/mol. The van der Waals surface area contributed by atoms with Crippen LogP contribution in [0.25, 0.3) is 10.9 Å². The maximum atomic E-state index is 13.3. The lowest BCUT2D eigenvalue weighted by molar-refractivity contribution is 0.0398. The van der Waals surface area contributed by atoms with Crippen LogP contribution in [0.2, 0.25) is 0 Å². The Morgan fingerprint density at radius 3 is 2.95 bits per heavy atom. The number of rotatable bonds is 4. The molecule has 0 radical (unpaired) electrons. The summed E-state index contributed by atoms with van der Waals surface area (Å²) in [4.78, 5) is 10.7. The molecule has 5 nitrogen and oxygen atoms in total. The van der Waals surface area contributed by atoms with E-state index in [-0.39, 0.29) is 5.82 Å². The highest BCUT2D eigenvalue weighted by Gasteiger charge is 2.10. The molecule has 6 heteroatoms. The van der Waals surface area contributed by atoms with Gasteiger partial charge in [0.2, 0.25) is 0 Å². The van der Waals surface area contributed by atoms with Crippen LogP contribution in [-0.2, 0) is 4.74 Å². The lowest BCUT2D eigenvalue weighted by atomic mass is 10.2. The Kier molecular flexibility index (Phi) is 4.03. The molecule has 20 heavy (non-hydrogen) atoms. The van der Waals surface area contributed by atoms with Gasteiger partial charge >= 0.3 is 0 Å². The molecular formula is C14H17FN4O. The number of ether oxygens (including phenoxy) is 1. The number of hydrogen-bond donors (Lipinski definition) is 1. The monoisotopic (exact) mass is 276 g/mol. The second-order valence-corrected chi connectivity index (χ2v) is 4.76. The number of fused-ring (bicyclic) bond motifs is 1. The number of morpholine rings is 1. The molecule has 1 aromatic heterocycles. The normalized spacial score (nSPS) is 16.4. The molecule has 1 aliphatic heterocycles. The van der Waals surface area contributed by atoms with Crippen molar-refractivity contribution in [1.29, 1.82) is 0 Å². The summed E-state index contributed by atoms with van der Waals surface area (Å²) in [5, 5.41) is 3.98. The number of hydrogen-bond acceptors (Lipinski definition) is 5. The maximum absolute atomic E-state index is 13.3. The summed E-state index contributed by atoms with van der Waals surface area (Å²) in [6.07, 6.45) is 1.50. The van der Waals surface area contributed by atoms with Gasteiger partial charge < -0.3 is 10.1 Å². The van der Waals surface area contributed by atoms with E-state index in [1.54, 1.807) is 6.07 Å². The van der Waals surface area contributed by atoms with Crippen molar-refractivity contribution in [3.63, 3.8) is 0 Å². The minimum Gasteiger partial charge on any atom is -0.379 e. The number of aromatic nitrogens is 2. The second kappa shape index (κ2) is 6.11. The molecule has 1 N–H and O–H groups in total. The summed E-state index contributed by atoms with van der Waals surface area (Å²) in [6.45, 7) is 5.19. The summed E-state index contributed by atoms with van der Waals surface area (Å²) in [5.41, 5.74) is 0.746. The first-order valence-electron chi connectivity index (χ1n) is 6.77. The van der Waals surface area contributed by atoms with Gasteiger partial charge in [-0.15, -0.1) is 0 Å². The maximum Gasteiger partial charge on any atom is 0.137 e. The van der Waals surface area contributed by atoms with Crippen molar-refractivity contribution in [2.24, 2.45) is 0 Å². The highest BCUT2D eigenvalue weighted by atomic mass is 19.1. The number of benzene rings is 1. The van der Waals surface area contributed by atoms with Crippen molar-refractivity contribution >= 4 is 16.7 Å². The van der Waals surface area contributed by atoms with E-state index in [1.807, 2.05) is 0 Å². The van der Waals surface area contributed by atoms with Crippen molar-refractivity contribution in [3.8, 4) is 0 Å². The zero-order chi connectivity index (χ0) is 13.8. The quantitative estimate of drug-likeness (QED) is 0.917. The topological polar surface area (TPSA) is 50.3 Å². The fourth-order valence-corrected chi connectivity index (χ4v) is 2.33. The number of halogens is 1. The number of nitrogens with zero attached hydrogens (tertiary/aromatic N) is 3. The van der Waals surface area contributed by atoms with Crippen LogP contribution >= 0.6 is 0 Å². The molecule has 1 fully saturated rings. The average Bonchev–Trinajstić information content (AvgIpc) is 2.49. The lowest BCUT2D eigenvalue weighted by Gasteiger charge is -2.26. The highest BCUT2D eigenvalue weighted by molar-refractivity contribution is 5.88. The molecule has 0 saturated carbocycles. The molecule has 2 heterocycles. The van der Waals surface area contributed by atoms with Gasteiger partial charge in [0.25, 0.3) is 0 Å². The van der Waals surface area contributed by atoms with Crippen molar-refractivity contribution < 1.29 is 9.13 Å². The van der Waals surface area contributed by atoms with Crippen LogP contribution in [-0.4, -0.2) is 54.3 Å². The molecule has 1 aliphatic rings. The molecule has 1 saturated heterocycles. The average molecular weight is 276 g/mol. The zero-order valence-electron chi connectivity index (χ0n) is 11.2. The lowest BCUT2D eigenvalue weighted by Crippen LogP contribution is -2.39. The standard InChI is InChI=1S/C14H17FN4O/c15-11-1-2-13-12(9-11)14(18-10-17-13)16-3-4-19-5-7-20-8-6-19/h1-2,9-10H,3-8H2,(H,16,17,18). The van der Waals surface area contributed by atoms with E-state index in [9.17, 15) is 4.39 Å². The molecule has 0 amide bonds.